The third-order valence-corrected chi connectivity index (χ3v) is 1.56. The molecule has 0 aromatic rings. The van der Waals surface area contributed by atoms with E-state index < -0.39 is 0 Å². The smallest absolute Gasteiger partial charge is 0.246 e. The first kappa shape index (κ1) is 14.4. The second kappa shape index (κ2) is 8.68. The average molecular weight is 219 g/mol. The number of carbonyl (C=O) groups is 1. The molecule has 92 valence electrons. The Kier molecular flexibility index (Phi) is 8.33. The van der Waals surface area contributed by atoms with Crippen LogP contribution in [0.2, 0.25) is 0 Å². The van der Waals surface area contributed by atoms with Crippen LogP contribution in [0.15, 0.2) is 0 Å². The maximum Gasteiger partial charge on any atom is 0.246 e. The van der Waals surface area contributed by atoms with Gasteiger partial charge in [-0.15, -0.1) is 0 Å². The minimum Gasteiger partial charge on any atom is -0.377 e. The fraction of sp³-hybridized carbons (Fsp3) is 0.909. The van der Waals surface area contributed by atoms with Crippen molar-refractivity contribution in [3.63, 3.8) is 0 Å². The second-order valence-electron chi connectivity index (χ2n) is 4.18. The lowest BCUT2D eigenvalue weighted by Crippen LogP contribution is -2.31. The summed E-state index contributed by atoms with van der Waals surface area (Å²) in [5.41, 5.74) is 0. The van der Waals surface area contributed by atoms with Crippen molar-refractivity contribution in [1.29, 1.82) is 0 Å². The van der Waals surface area contributed by atoms with Crippen molar-refractivity contribution >= 4 is 5.91 Å². The number of ether oxygens (including phenoxy) is 2. The van der Waals surface area contributed by atoms with Gasteiger partial charge in [0.15, 0.2) is 0 Å². The maximum absolute atomic E-state index is 11.2. The molecule has 0 saturated heterocycles. The maximum atomic E-state index is 11.2. The van der Waals surface area contributed by atoms with E-state index in [9.17, 15) is 4.79 Å². The van der Waals surface area contributed by atoms with E-state index in [0.717, 1.165) is 0 Å². The number of rotatable bonds is 8. The van der Waals surface area contributed by atoms with Crippen molar-refractivity contribution in [2.24, 2.45) is 5.92 Å². The molecule has 0 fully saturated rings. The summed E-state index contributed by atoms with van der Waals surface area (Å²) in [5.74, 6) is 0.380. The van der Waals surface area contributed by atoms with Gasteiger partial charge in [-0.05, 0) is 19.8 Å². The van der Waals surface area contributed by atoms with E-state index in [4.69, 9.17) is 9.47 Å². The van der Waals surface area contributed by atoms with Gasteiger partial charge in [-0.25, -0.2) is 0 Å². The van der Waals surface area contributed by atoms with E-state index in [-0.39, 0.29) is 20.0 Å². The van der Waals surface area contributed by atoms with Crippen molar-refractivity contribution in [1.82, 2.24) is 5.32 Å². The van der Waals surface area contributed by atoms with Crippen molar-refractivity contribution in [3.05, 3.63) is 0 Å². The van der Waals surface area contributed by atoms with Crippen LogP contribution in [0, 0.1) is 5.92 Å². The van der Waals surface area contributed by atoms with Crippen molar-refractivity contribution < 1.29 is 15.7 Å². The molecule has 0 aliphatic carbocycles. The molecule has 0 rings (SSSR count). The van der Waals surface area contributed by atoms with Crippen molar-refractivity contribution in [2.45, 2.75) is 33.8 Å². The molecule has 0 saturated carbocycles. The standard InChI is InChI=1S/C11H23NO3.H2/c1-9(2)7-14-8-11(13)12-5-6-15-10(3)4;/h9-10H,5-8H2,1-4H3,(H,12,13);1H. The quantitative estimate of drug-likeness (QED) is 0.628. The van der Waals surface area contributed by atoms with Crippen LogP contribution in [-0.2, 0) is 14.3 Å². The summed E-state index contributed by atoms with van der Waals surface area (Å²) in [4.78, 5) is 11.2. The number of hydrogen-bond donors (Lipinski definition) is 1. The topological polar surface area (TPSA) is 47.6 Å². The summed E-state index contributed by atoms with van der Waals surface area (Å²) in [7, 11) is 0. The van der Waals surface area contributed by atoms with Gasteiger partial charge in [0.25, 0.3) is 0 Å². The molecular weight excluding hydrogens is 194 g/mol. The van der Waals surface area contributed by atoms with E-state index in [0.29, 0.717) is 25.7 Å². The Morgan fingerprint density at radius 3 is 2.53 bits per heavy atom. The molecule has 0 radical (unpaired) electrons. The molecule has 0 unspecified atom stereocenters. The van der Waals surface area contributed by atoms with Crippen LogP contribution >= 0.6 is 0 Å². The van der Waals surface area contributed by atoms with Gasteiger partial charge in [0.1, 0.15) is 6.61 Å². The van der Waals surface area contributed by atoms with Crippen LogP contribution in [0.25, 0.3) is 0 Å². The summed E-state index contributed by atoms with van der Waals surface area (Å²) < 4.78 is 10.5. The van der Waals surface area contributed by atoms with Crippen LogP contribution in [0.4, 0.5) is 0 Å². The number of carbonyl (C=O) groups excluding carboxylic acids is 1. The molecule has 0 spiro atoms. The van der Waals surface area contributed by atoms with E-state index in [1.807, 2.05) is 27.7 Å². The third-order valence-electron chi connectivity index (χ3n) is 1.56. The lowest BCUT2D eigenvalue weighted by Gasteiger charge is -2.09. The fourth-order valence-corrected chi connectivity index (χ4v) is 0.923. The van der Waals surface area contributed by atoms with Crippen LogP contribution in [-0.4, -0.2) is 38.4 Å². The van der Waals surface area contributed by atoms with Gasteiger partial charge in [0.2, 0.25) is 5.91 Å². The molecule has 0 aliphatic heterocycles. The predicted octanol–water partition coefficient (Wildman–Crippen LogP) is 1.45. The minimum atomic E-state index is -0.0805. The van der Waals surface area contributed by atoms with Crippen LogP contribution in [0.5, 0.6) is 0 Å². The first-order chi connectivity index (χ1) is 7.02. The number of hydrogen-bond acceptors (Lipinski definition) is 3. The van der Waals surface area contributed by atoms with Crippen molar-refractivity contribution in [3.8, 4) is 0 Å². The Morgan fingerprint density at radius 1 is 1.33 bits per heavy atom. The molecule has 0 bridgehead atoms. The summed E-state index contributed by atoms with van der Waals surface area (Å²) >= 11 is 0. The zero-order valence-corrected chi connectivity index (χ0v) is 10.2. The van der Waals surface area contributed by atoms with Gasteiger partial charge >= 0.3 is 0 Å². The Morgan fingerprint density at radius 2 is 2.00 bits per heavy atom. The van der Waals surface area contributed by atoms with Crippen LogP contribution in [0.3, 0.4) is 0 Å². The van der Waals surface area contributed by atoms with Gasteiger partial charge in [0.05, 0.1) is 12.7 Å². The Hall–Kier alpha value is -0.610. The normalized spacial score (nSPS) is 11.1. The SMILES string of the molecule is CC(C)COCC(=O)NCCOC(C)C.[HH]. The highest BCUT2D eigenvalue weighted by Crippen LogP contribution is 1.91. The van der Waals surface area contributed by atoms with E-state index in [2.05, 4.69) is 5.32 Å². The summed E-state index contributed by atoms with van der Waals surface area (Å²) in [5, 5.41) is 2.72. The van der Waals surface area contributed by atoms with Gasteiger partial charge in [-0.3, -0.25) is 4.79 Å². The first-order valence-corrected chi connectivity index (χ1v) is 5.48. The molecule has 0 aromatic heterocycles. The summed E-state index contributed by atoms with van der Waals surface area (Å²) in [6.45, 7) is 9.88. The molecular formula is C11H25NO3. The molecule has 0 atom stereocenters. The molecule has 1 N–H and O–H groups in total. The summed E-state index contributed by atoms with van der Waals surface area (Å²) in [6, 6.07) is 0. The lowest BCUT2D eigenvalue weighted by molar-refractivity contribution is -0.126. The fourth-order valence-electron chi connectivity index (χ4n) is 0.923. The van der Waals surface area contributed by atoms with E-state index >= 15 is 0 Å². The van der Waals surface area contributed by atoms with Crippen molar-refractivity contribution in [2.75, 3.05) is 26.4 Å². The average Bonchev–Trinajstić information content (AvgIpc) is 2.11. The monoisotopic (exact) mass is 219 g/mol. The molecule has 1 amide bonds. The van der Waals surface area contributed by atoms with E-state index in [1.165, 1.54) is 0 Å². The Bertz CT molecular complexity index is 175. The van der Waals surface area contributed by atoms with Gasteiger partial charge in [-0.1, -0.05) is 13.8 Å². The van der Waals surface area contributed by atoms with Gasteiger partial charge < -0.3 is 14.8 Å². The van der Waals surface area contributed by atoms with Gasteiger partial charge in [-0.2, -0.15) is 0 Å². The molecule has 0 heterocycles. The lowest BCUT2D eigenvalue weighted by atomic mass is 10.2. The van der Waals surface area contributed by atoms with Crippen LogP contribution in [0.1, 0.15) is 29.1 Å². The largest absolute Gasteiger partial charge is 0.377 e. The van der Waals surface area contributed by atoms with E-state index in [1.54, 1.807) is 0 Å². The third kappa shape index (κ3) is 11.3. The molecule has 4 nitrogen and oxygen atoms in total. The second-order valence-corrected chi connectivity index (χ2v) is 4.18. The summed E-state index contributed by atoms with van der Waals surface area (Å²) in [6.07, 6.45) is 0.207. The zero-order chi connectivity index (χ0) is 11.7. The zero-order valence-electron chi connectivity index (χ0n) is 10.2. The number of nitrogens with one attached hydrogen (secondary N) is 1. The highest BCUT2D eigenvalue weighted by atomic mass is 16.5. The Labute approximate surface area is 93.8 Å². The van der Waals surface area contributed by atoms with Gasteiger partial charge in [0, 0.05) is 14.6 Å². The first-order valence-electron chi connectivity index (χ1n) is 5.48. The predicted molar refractivity (Wildman–Crippen MR) is 61.9 cm³/mol. The Balaban J connectivity index is 0. The molecule has 0 aliphatic rings. The highest BCUT2D eigenvalue weighted by Gasteiger charge is 2.01. The number of amides is 1. The molecule has 15 heavy (non-hydrogen) atoms. The molecule has 4 heteroatoms. The highest BCUT2D eigenvalue weighted by molar-refractivity contribution is 5.77. The van der Waals surface area contributed by atoms with Crippen LogP contribution < -0.4 is 5.32 Å². The minimum absolute atomic E-state index is 0. The molecule has 0 aromatic carbocycles.